The molecule has 0 saturated carbocycles. The van der Waals surface area contributed by atoms with Crippen LogP contribution in [-0.4, -0.2) is 11.1 Å². The lowest BCUT2D eigenvalue weighted by Gasteiger charge is -2.04. The van der Waals surface area contributed by atoms with Crippen LogP contribution in [-0.2, 0) is 6.42 Å². The molecule has 0 atom stereocenters. The molecule has 0 fully saturated rings. The van der Waals surface area contributed by atoms with Crippen LogP contribution in [0.25, 0.3) is 0 Å². The number of nitriles is 1. The Labute approximate surface area is 76.2 Å². The number of nitrogens with zero attached hydrogens (tertiary/aromatic N) is 1. The lowest BCUT2D eigenvalue weighted by atomic mass is 10.0. The second-order valence-corrected chi connectivity index (χ2v) is 2.73. The van der Waals surface area contributed by atoms with E-state index in [1.54, 1.807) is 25.1 Å². The van der Waals surface area contributed by atoms with Gasteiger partial charge in [-0.05, 0) is 24.1 Å². The molecule has 13 heavy (non-hydrogen) atoms. The Hall–Kier alpha value is -1.82. The van der Waals surface area contributed by atoms with E-state index < -0.39 is 5.97 Å². The maximum Gasteiger partial charge on any atom is 0.335 e. The minimum Gasteiger partial charge on any atom is -0.478 e. The lowest BCUT2D eigenvalue weighted by Crippen LogP contribution is -2.02. The summed E-state index contributed by atoms with van der Waals surface area (Å²) in [6.07, 6.45) is 0.257. The van der Waals surface area contributed by atoms with Crippen molar-refractivity contribution in [1.82, 2.24) is 0 Å². The van der Waals surface area contributed by atoms with E-state index in [0.29, 0.717) is 5.56 Å². The molecule has 0 bridgehead atoms. The Morgan fingerprint density at radius 2 is 2.31 bits per heavy atom. The van der Waals surface area contributed by atoms with E-state index in [4.69, 9.17) is 10.4 Å². The fourth-order valence-electron chi connectivity index (χ4n) is 1.19. The molecule has 1 aromatic carbocycles. The van der Waals surface area contributed by atoms with Crippen LogP contribution in [0.15, 0.2) is 18.2 Å². The molecule has 1 rings (SSSR count). The van der Waals surface area contributed by atoms with Gasteiger partial charge in [-0.1, -0.05) is 12.1 Å². The smallest absolute Gasteiger partial charge is 0.335 e. The van der Waals surface area contributed by atoms with Crippen molar-refractivity contribution in [1.29, 1.82) is 5.26 Å². The van der Waals surface area contributed by atoms with Crippen molar-refractivity contribution in [3.63, 3.8) is 0 Å². The Morgan fingerprint density at radius 3 is 2.85 bits per heavy atom. The Balaban J connectivity index is 3.20. The normalized spacial score (nSPS) is 9.23. The van der Waals surface area contributed by atoms with Crippen LogP contribution < -0.4 is 0 Å². The molecule has 0 aliphatic carbocycles. The number of hydrogen-bond donors (Lipinski definition) is 1. The van der Waals surface area contributed by atoms with Gasteiger partial charge in [-0.2, -0.15) is 5.26 Å². The molecular weight excluding hydrogens is 166 g/mol. The highest BCUT2D eigenvalue weighted by Gasteiger charge is 2.08. The summed E-state index contributed by atoms with van der Waals surface area (Å²) >= 11 is 0. The first-order valence-corrected chi connectivity index (χ1v) is 3.85. The van der Waals surface area contributed by atoms with Crippen molar-refractivity contribution < 1.29 is 9.90 Å². The van der Waals surface area contributed by atoms with Gasteiger partial charge in [0.2, 0.25) is 0 Å². The molecule has 1 N–H and O–H groups in total. The molecule has 0 aliphatic heterocycles. The number of hydrogen-bond acceptors (Lipinski definition) is 2. The second kappa shape index (κ2) is 3.72. The zero-order valence-corrected chi connectivity index (χ0v) is 7.24. The molecular formula is C10H9NO2. The Kier molecular flexibility index (Phi) is 2.65. The SMILES string of the molecule is Cc1c(CC#N)cccc1C(=O)O. The van der Waals surface area contributed by atoms with Gasteiger partial charge in [0.15, 0.2) is 0 Å². The van der Waals surface area contributed by atoms with Crippen molar-refractivity contribution in [3.8, 4) is 6.07 Å². The monoisotopic (exact) mass is 175 g/mol. The van der Waals surface area contributed by atoms with Crippen molar-refractivity contribution in [3.05, 3.63) is 34.9 Å². The van der Waals surface area contributed by atoms with Gasteiger partial charge < -0.3 is 5.11 Å². The van der Waals surface area contributed by atoms with Crippen molar-refractivity contribution in [2.75, 3.05) is 0 Å². The molecule has 0 aliphatic rings. The van der Waals surface area contributed by atoms with E-state index in [0.717, 1.165) is 5.56 Å². The molecule has 0 amide bonds. The Morgan fingerprint density at radius 1 is 1.62 bits per heavy atom. The van der Waals surface area contributed by atoms with Crippen LogP contribution in [0, 0.1) is 18.3 Å². The summed E-state index contributed by atoms with van der Waals surface area (Å²) in [4.78, 5) is 10.7. The first-order valence-electron chi connectivity index (χ1n) is 3.85. The third-order valence-electron chi connectivity index (χ3n) is 1.95. The predicted octanol–water partition coefficient (Wildman–Crippen LogP) is 1.76. The third-order valence-corrected chi connectivity index (χ3v) is 1.95. The van der Waals surface area contributed by atoms with Crippen LogP contribution in [0.1, 0.15) is 21.5 Å². The second-order valence-electron chi connectivity index (χ2n) is 2.73. The summed E-state index contributed by atoms with van der Waals surface area (Å²) in [5.74, 6) is -0.947. The molecule has 0 aromatic heterocycles. The highest BCUT2D eigenvalue weighted by molar-refractivity contribution is 5.89. The van der Waals surface area contributed by atoms with E-state index in [-0.39, 0.29) is 12.0 Å². The van der Waals surface area contributed by atoms with E-state index in [2.05, 4.69) is 0 Å². The number of benzene rings is 1. The van der Waals surface area contributed by atoms with Gasteiger partial charge >= 0.3 is 5.97 Å². The predicted molar refractivity (Wildman–Crippen MR) is 47.5 cm³/mol. The first kappa shape index (κ1) is 9.27. The summed E-state index contributed by atoms with van der Waals surface area (Å²) in [5, 5.41) is 17.3. The van der Waals surface area contributed by atoms with Gasteiger partial charge in [0, 0.05) is 0 Å². The average molecular weight is 175 g/mol. The number of carbonyl (C=O) groups is 1. The number of rotatable bonds is 2. The molecule has 3 nitrogen and oxygen atoms in total. The standard InChI is InChI=1S/C10H9NO2/c1-7-8(5-6-11)3-2-4-9(7)10(12)13/h2-4H,5H2,1H3,(H,12,13). The molecule has 0 heterocycles. The fraction of sp³-hybridized carbons (Fsp3) is 0.200. The number of carboxylic acid groups (broad SMARTS) is 1. The van der Waals surface area contributed by atoms with Gasteiger partial charge in [-0.25, -0.2) is 4.79 Å². The summed E-state index contributed by atoms with van der Waals surface area (Å²) in [6, 6.07) is 6.96. The zero-order valence-electron chi connectivity index (χ0n) is 7.24. The molecule has 0 spiro atoms. The molecule has 3 heteroatoms. The van der Waals surface area contributed by atoms with Gasteiger partial charge in [-0.3, -0.25) is 0 Å². The molecule has 66 valence electrons. The maximum absolute atomic E-state index is 10.7. The van der Waals surface area contributed by atoms with E-state index in [1.807, 2.05) is 6.07 Å². The van der Waals surface area contributed by atoms with Crippen molar-refractivity contribution >= 4 is 5.97 Å². The summed E-state index contributed by atoms with van der Waals surface area (Å²) < 4.78 is 0. The number of carboxylic acids is 1. The van der Waals surface area contributed by atoms with E-state index >= 15 is 0 Å². The van der Waals surface area contributed by atoms with Gasteiger partial charge in [0.25, 0.3) is 0 Å². The fourth-order valence-corrected chi connectivity index (χ4v) is 1.19. The Bertz CT molecular complexity index is 377. The van der Waals surface area contributed by atoms with Crippen molar-refractivity contribution in [2.24, 2.45) is 0 Å². The quantitative estimate of drug-likeness (QED) is 0.744. The summed E-state index contributed by atoms with van der Waals surface area (Å²) in [7, 11) is 0. The lowest BCUT2D eigenvalue weighted by molar-refractivity contribution is 0.0696. The number of aromatic carboxylic acids is 1. The molecule has 1 aromatic rings. The van der Waals surface area contributed by atoms with Crippen molar-refractivity contribution in [2.45, 2.75) is 13.3 Å². The summed E-state index contributed by atoms with van der Waals surface area (Å²) in [5.41, 5.74) is 1.73. The molecule has 0 unspecified atom stereocenters. The first-order chi connectivity index (χ1) is 6.16. The van der Waals surface area contributed by atoms with Gasteiger partial charge in [-0.15, -0.1) is 0 Å². The van der Waals surface area contributed by atoms with Crippen LogP contribution in [0.4, 0.5) is 0 Å². The van der Waals surface area contributed by atoms with E-state index in [9.17, 15) is 4.79 Å². The maximum atomic E-state index is 10.7. The van der Waals surface area contributed by atoms with Gasteiger partial charge in [0.05, 0.1) is 18.1 Å². The highest BCUT2D eigenvalue weighted by Crippen LogP contribution is 2.13. The van der Waals surface area contributed by atoms with Crippen LogP contribution in [0.2, 0.25) is 0 Å². The zero-order chi connectivity index (χ0) is 9.84. The van der Waals surface area contributed by atoms with Crippen LogP contribution in [0.5, 0.6) is 0 Å². The minimum absolute atomic E-state index is 0.257. The highest BCUT2D eigenvalue weighted by atomic mass is 16.4. The minimum atomic E-state index is -0.947. The van der Waals surface area contributed by atoms with E-state index in [1.165, 1.54) is 0 Å². The molecule has 0 saturated heterocycles. The third kappa shape index (κ3) is 1.85. The van der Waals surface area contributed by atoms with Crippen LogP contribution >= 0.6 is 0 Å². The largest absolute Gasteiger partial charge is 0.478 e. The molecule has 0 radical (unpaired) electrons. The van der Waals surface area contributed by atoms with Crippen LogP contribution in [0.3, 0.4) is 0 Å². The topological polar surface area (TPSA) is 61.1 Å². The average Bonchev–Trinajstić information content (AvgIpc) is 2.08. The van der Waals surface area contributed by atoms with Gasteiger partial charge in [0.1, 0.15) is 0 Å². The summed E-state index contributed by atoms with van der Waals surface area (Å²) in [6.45, 7) is 1.72.